The number of rotatable bonds is 6. The van der Waals surface area contributed by atoms with Gasteiger partial charge in [0.1, 0.15) is 17.5 Å². The van der Waals surface area contributed by atoms with Crippen LogP contribution in [0.3, 0.4) is 0 Å². The molecule has 0 fully saturated rings. The van der Waals surface area contributed by atoms with Crippen LogP contribution < -0.4 is 16.8 Å². The molecule has 0 unspecified atom stereocenters. The lowest BCUT2D eigenvalue weighted by Gasteiger charge is -2.10. The van der Waals surface area contributed by atoms with E-state index in [1.165, 1.54) is 11.8 Å². The van der Waals surface area contributed by atoms with Crippen molar-refractivity contribution in [2.24, 2.45) is 5.73 Å². The monoisotopic (exact) mass is 427 g/mol. The second-order valence-corrected chi connectivity index (χ2v) is 6.65. The van der Waals surface area contributed by atoms with Crippen molar-refractivity contribution in [2.75, 3.05) is 17.6 Å². The molecule has 29 heavy (non-hydrogen) atoms. The standard InChI is InChI=1S/C19H17N7OS.ClH/c20-8-15-17(13-3-5-14(6-4-13)24-16(27)9-21)25-19(26-18(15)22)28-11-12-2-1-7-23-10-12;/h1-7,10H,9,11,21H2,(H,24,27)(H2,22,25,26);1H. The summed E-state index contributed by atoms with van der Waals surface area (Å²) >= 11 is 1.41. The molecule has 3 aromatic rings. The van der Waals surface area contributed by atoms with Gasteiger partial charge in [0.25, 0.3) is 0 Å². The van der Waals surface area contributed by atoms with Crippen molar-refractivity contribution < 1.29 is 4.79 Å². The van der Waals surface area contributed by atoms with E-state index in [4.69, 9.17) is 11.5 Å². The van der Waals surface area contributed by atoms with Gasteiger partial charge in [-0.3, -0.25) is 9.78 Å². The number of nitriles is 1. The number of anilines is 2. The fourth-order valence-electron chi connectivity index (χ4n) is 2.40. The van der Waals surface area contributed by atoms with Crippen LogP contribution in [0.2, 0.25) is 0 Å². The van der Waals surface area contributed by atoms with Crippen molar-refractivity contribution in [1.82, 2.24) is 15.0 Å². The second-order valence-electron chi connectivity index (χ2n) is 5.71. The van der Waals surface area contributed by atoms with Gasteiger partial charge in [-0.15, -0.1) is 12.4 Å². The quantitative estimate of drug-likeness (QED) is 0.402. The maximum absolute atomic E-state index is 11.4. The number of hydrogen-bond donors (Lipinski definition) is 3. The molecule has 0 atom stereocenters. The Kier molecular flexibility index (Phi) is 7.91. The molecule has 0 aliphatic heterocycles. The Morgan fingerprint density at radius 3 is 2.59 bits per heavy atom. The van der Waals surface area contributed by atoms with Gasteiger partial charge in [0.2, 0.25) is 5.91 Å². The minimum atomic E-state index is -0.286. The molecular formula is C19H18ClN7OS. The molecule has 0 aliphatic rings. The molecule has 1 amide bonds. The number of thioether (sulfide) groups is 1. The Hall–Kier alpha value is -3.19. The van der Waals surface area contributed by atoms with Crippen LogP contribution >= 0.6 is 24.2 Å². The number of halogens is 1. The fraction of sp³-hybridized carbons (Fsp3) is 0.105. The van der Waals surface area contributed by atoms with Gasteiger partial charge in [-0.05, 0) is 23.8 Å². The van der Waals surface area contributed by atoms with E-state index >= 15 is 0 Å². The summed E-state index contributed by atoms with van der Waals surface area (Å²) in [7, 11) is 0. The zero-order valence-electron chi connectivity index (χ0n) is 15.2. The van der Waals surface area contributed by atoms with E-state index in [1.807, 2.05) is 12.1 Å². The SMILES string of the molecule is Cl.N#Cc1c(N)nc(SCc2cccnc2)nc1-c1ccc(NC(=O)CN)cc1. The van der Waals surface area contributed by atoms with Gasteiger partial charge >= 0.3 is 0 Å². The smallest absolute Gasteiger partial charge is 0.238 e. The number of aromatic nitrogens is 3. The van der Waals surface area contributed by atoms with Gasteiger partial charge in [-0.1, -0.05) is 30.0 Å². The minimum absolute atomic E-state index is 0. The van der Waals surface area contributed by atoms with E-state index in [9.17, 15) is 10.1 Å². The van der Waals surface area contributed by atoms with Crippen LogP contribution in [0.4, 0.5) is 11.5 Å². The number of nitrogens with one attached hydrogen (secondary N) is 1. The molecule has 0 bridgehead atoms. The van der Waals surface area contributed by atoms with E-state index < -0.39 is 0 Å². The van der Waals surface area contributed by atoms with Crippen molar-refractivity contribution in [2.45, 2.75) is 10.9 Å². The lowest BCUT2D eigenvalue weighted by molar-refractivity contribution is -0.114. The lowest BCUT2D eigenvalue weighted by atomic mass is 10.1. The molecule has 10 heteroatoms. The first-order valence-corrected chi connectivity index (χ1v) is 9.29. The molecule has 0 spiro atoms. The Labute approximate surface area is 178 Å². The van der Waals surface area contributed by atoms with Gasteiger partial charge in [-0.2, -0.15) is 5.26 Å². The maximum Gasteiger partial charge on any atom is 0.238 e. The molecular weight excluding hydrogens is 410 g/mol. The summed E-state index contributed by atoms with van der Waals surface area (Å²) in [5.41, 5.74) is 14.3. The van der Waals surface area contributed by atoms with E-state index in [0.29, 0.717) is 27.9 Å². The normalized spacial score (nSPS) is 9.93. The van der Waals surface area contributed by atoms with Crippen molar-refractivity contribution >= 4 is 41.6 Å². The molecule has 0 radical (unpaired) electrons. The third-order valence-electron chi connectivity index (χ3n) is 3.75. The summed E-state index contributed by atoms with van der Waals surface area (Å²) in [5.74, 6) is 0.468. The molecule has 2 heterocycles. The summed E-state index contributed by atoms with van der Waals surface area (Å²) in [6.07, 6.45) is 3.48. The van der Waals surface area contributed by atoms with Crippen LogP contribution in [-0.2, 0) is 10.5 Å². The highest BCUT2D eigenvalue weighted by molar-refractivity contribution is 7.98. The van der Waals surface area contributed by atoms with Crippen LogP contribution in [0, 0.1) is 11.3 Å². The number of nitrogens with two attached hydrogens (primary N) is 2. The summed E-state index contributed by atoms with van der Waals surface area (Å²) in [4.78, 5) is 24.2. The molecule has 0 aliphatic carbocycles. The second kappa shape index (κ2) is 10.4. The summed E-state index contributed by atoms with van der Waals surface area (Å²) < 4.78 is 0. The van der Waals surface area contributed by atoms with E-state index in [1.54, 1.807) is 36.7 Å². The van der Waals surface area contributed by atoms with Gasteiger partial charge in [-0.25, -0.2) is 9.97 Å². The first-order valence-electron chi connectivity index (χ1n) is 8.30. The topological polar surface area (TPSA) is 144 Å². The molecule has 2 aromatic heterocycles. The lowest BCUT2D eigenvalue weighted by Crippen LogP contribution is -2.21. The highest BCUT2D eigenvalue weighted by Gasteiger charge is 2.15. The van der Waals surface area contributed by atoms with E-state index in [2.05, 4.69) is 26.3 Å². The number of carbonyl (C=O) groups excluding carboxylic acids is 1. The largest absolute Gasteiger partial charge is 0.382 e. The number of pyridine rings is 1. The molecule has 0 saturated carbocycles. The van der Waals surface area contributed by atoms with E-state index in [0.717, 1.165) is 5.56 Å². The molecule has 148 valence electrons. The number of carbonyl (C=O) groups is 1. The average Bonchev–Trinajstić information content (AvgIpc) is 2.73. The molecule has 5 N–H and O–H groups in total. The molecule has 3 rings (SSSR count). The van der Waals surface area contributed by atoms with Crippen LogP contribution in [0.1, 0.15) is 11.1 Å². The maximum atomic E-state index is 11.4. The first-order chi connectivity index (χ1) is 13.6. The van der Waals surface area contributed by atoms with Crippen LogP contribution in [0.5, 0.6) is 0 Å². The summed E-state index contributed by atoms with van der Waals surface area (Å²) in [5, 5.41) is 12.6. The van der Waals surface area contributed by atoms with Gasteiger partial charge in [0.15, 0.2) is 5.16 Å². The Bertz CT molecular complexity index is 1020. The predicted molar refractivity (Wildman–Crippen MR) is 115 cm³/mol. The number of hydrogen-bond acceptors (Lipinski definition) is 8. The van der Waals surface area contributed by atoms with Crippen molar-refractivity contribution in [3.05, 3.63) is 59.9 Å². The zero-order valence-corrected chi connectivity index (χ0v) is 16.8. The number of nitrogen functional groups attached to an aromatic ring is 1. The average molecular weight is 428 g/mol. The predicted octanol–water partition coefficient (Wildman–Crippen LogP) is 2.60. The van der Waals surface area contributed by atoms with Crippen LogP contribution in [0.25, 0.3) is 11.3 Å². The Morgan fingerprint density at radius 1 is 1.21 bits per heavy atom. The Morgan fingerprint density at radius 2 is 1.97 bits per heavy atom. The molecule has 0 saturated heterocycles. The van der Waals surface area contributed by atoms with Crippen molar-refractivity contribution in [1.29, 1.82) is 5.26 Å². The number of nitrogens with zero attached hydrogens (tertiary/aromatic N) is 4. The van der Waals surface area contributed by atoms with Crippen molar-refractivity contribution in [3.8, 4) is 17.3 Å². The van der Waals surface area contributed by atoms with Crippen molar-refractivity contribution in [3.63, 3.8) is 0 Å². The summed E-state index contributed by atoms with van der Waals surface area (Å²) in [6.45, 7) is -0.0969. The highest BCUT2D eigenvalue weighted by Crippen LogP contribution is 2.29. The number of amides is 1. The van der Waals surface area contributed by atoms with Gasteiger partial charge < -0.3 is 16.8 Å². The molecule has 1 aromatic carbocycles. The molecule has 8 nitrogen and oxygen atoms in total. The first kappa shape index (κ1) is 22.1. The van der Waals surface area contributed by atoms with E-state index in [-0.39, 0.29) is 36.2 Å². The zero-order chi connectivity index (χ0) is 19.9. The highest BCUT2D eigenvalue weighted by atomic mass is 35.5. The van der Waals surface area contributed by atoms with Crippen LogP contribution in [-0.4, -0.2) is 27.4 Å². The Balaban J connectivity index is 0.00000300. The number of benzene rings is 1. The van der Waals surface area contributed by atoms with Gasteiger partial charge in [0, 0.05) is 29.4 Å². The third-order valence-corrected chi connectivity index (χ3v) is 4.66. The summed E-state index contributed by atoms with van der Waals surface area (Å²) in [6, 6.07) is 12.8. The van der Waals surface area contributed by atoms with Crippen LogP contribution in [0.15, 0.2) is 53.9 Å². The third kappa shape index (κ3) is 5.65. The van der Waals surface area contributed by atoms with Gasteiger partial charge in [0.05, 0.1) is 12.2 Å². The fourth-order valence-corrected chi connectivity index (χ4v) is 3.18. The minimum Gasteiger partial charge on any atom is -0.382 e.